The second-order valence-electron chi connectivity index (χ2n) is 2.64. The van der Waals surface area contributed by atoms with E-state index >= 15 is 0 Å². The molecule has 0 bridgehead atoms. The minimum atomic E-state index is -0.0227. The lowest BCUT2D eigenvalue weighted by Crippen LogP contribution is -2.17. The first-order valence-electron chi connectivity index (χ1n) is 3.62. The van der Waals surface area contributed by atoms with Gasteiger partial charge in [-0.25, -0.2) is 9.97 Å². The monoisotopic (exact) mass is 181 g/mol. The second-order valence-corrected chi connectivity index (χ2v) is 2.64. The quantitative estimate of drug-likeness (QED) is 0.281. The maximum absolute atomic E-state index is 8.41. The molecule has 13 heavy (non-hydrogen) atoms. The number of aromatic nitrogens is 2. The molecule has 0 radical (unpaired) electrons. The average Bonchev–Trinajstić information content (AvgIpc) is 2.17. The lowest BCUT2D eigenvalue weighted by molar-refractivity contribution is 0.318. The van der Waals surface area contributed by atoms with Gasteiger partial charge in [0.1, 0.15) is 17.8 Å². The van der Waals surface area contributed by atoms with E-state index in [1.54, 1.807) is 11.0 Å². The molecular weight excluding hydrogens is 170 g/mol. The fourth-order valence-corrected chi connectivity index (χ4v) is 0.783. The van der Waals surface area contributed by atoms with E-state index in [9.17, 15) is 0 Å². The largest absolute Gasteiger partial charge is 0.409 e. The van der Waals surface area contributed by atoms with Crippen LogP contribution in [0.5, 0.6) is 0 Å². The SMILES string of the molecule is CN(C)c1cc(/C(N)=N\O)ncn1. The molecule has 0 aliphatic heterocycles. The Bertz CT molecular complexity index is 322. The molecule has 0 saturated carbocycles. The highest BCUT2D eigenvalue weighted by atomic mass is 16.4. The van der Waals surface area contributed by atoms with Crippen LogP contribution in [0.1, 0.15) is 5.69 Å². The molecule has 0 atom stereocenters. The topological polar surface area (TPSA) is 87.6 Å². The van der Waals surface area contributed by atoms with Crippen molar-refractivity contribution in [2.24, 2.45) is 10.9 Å². The number of nitrogens with two attached hydrogens (primary N) is 1. The van der Waals surface area contributed by atoms with Crippen LogP contribution in [0, 0.1) is 0 Å². The number of anilines is 1. The third-order valence-corrected chi connectivity index (χ3v) is 1.48. The zero-order valence-electron chi connectivity index (χ0n) is 7.47. The van der Waals surface area contributed by atoms with E-state index in [4.69, 9.17) is 10.9 Å². The van der Waals surface area contributed by atoms with Crippen molar-refractivity contribution in [3.8, 4) is 0 Å². The van der Waals surface area contributed by atoms with Crippen LogP contribution in [-0.2, 0) is 0 Å². The Kier molecular flexibility index (Phi) is 2.63. The van der Waals surface area contributed by atoms with Crippen molar-refractivity contribution in [3.63, 3.8) is 0 Å². The summed E-state index contributed by atoms with van der Waals surface area (Å²) >= 11 is 0. The van der Waals surface area contributed by atoms with Gasteiger partial charge in [0, 0.05) is 20.2 Å². The molecule has 0 aliphatic rings. The number of oxime groups is 1. The lowest BCUT2D eigenvalue weighted by Gasteiger charge is -2.10. The summed E-state index contributed by atoms with van der Waals surface area (Å²) in [5, 5.41) is 11.3. The van der Waals surface area contributed by atoms with Crippen LogP contribution >= 0.6 is 0 Å². The van der Waals surface area contributed by atoms with Gasteiger partial charge in [0.05, 0.1) is 0 Å². The zero-order chi connectivity index (χ0) is 9.84. The van der Waals surface area contributed by atoms with Crippen LogP contribution in [0.25, 0.3) is 0 Å². The molecule has 1 rings (SSSR count). The van der Waals surface area contributed by atoms with Gasteiger partial charge in [-0.3, -0.25) is 0 Å². The smallest absolute Gasteiger partial charge is 0.188 e. The molecule has 70 valence electrons. The van der Waals surface area contributed by atoms with Crippen LogP contribution in [0.3, 0.4) is 0 Å². The summed E-state index contributed by atoms with van der Waals surface area (Å²) in [5.41, 5.74) is 5.76. The van der Waals surface area contributed by atoms with Crippen LogP contribution in [-0.4, -0.2) is 35.1 Å². The third kappa shape index (κ3) is 2.05. The van der Waals surface area contributed by atoms with E-state index in [1.165, 1.54) is 6.33 Å². The van der Waals surface area contributed by atoms with Crippen LogP contribution in [0.15, 0.2) is 17.5 Å². The molecule has 1 aromatic heterocycles. The maximum atomic E-state index is 8.41. The van der Waals surface area contributed by atoms with Gasteiger partial charge >= 0.3 is 0 Å². The molecule has 0 fully saturated rings. The summed E-state index contributed by atoms with van der Waals surface area (Å²) in [4.78, 5) is 9.62. The first-order valence-corrected chi connectivity index (χ1v) is 3.62. The summed E-state index contributed by atoms with van der Waals surface area (Å²) in [7, 11) is 3.69. The first-order chi connectivity index (χ1) is 6.15. The first kappa shape index (κ1) is 9.24. The molecule has 0 aliphatic carbocycles. The summed E-state index contributed by atoms with van der Waals surface area (Å²) in [6.45, 7) is 0. The van der Waals surface area contributed by atoms with E-state index in [0.717, 1.165) is 0 Å². The Labute approximate surface area is 75.7 Å². The average molecular weight is 181 g/mol. The standard InChI is InChI=1S/C7H11N5O/c1-12(2)6-3-5(7(8)11-13)9-4-10-6/h3-4,13H,1-2H3,(H2,8,11). The molecule has 1 heterocycles. The zero-order valence-corrected chi connectivity index (χ0v) is 7.47. The Morgan fingerprint density at radius 1 is 1.54 bits per heavy atom. The fourth-order valence-electron chi connectivity index (χ4n) is 0.783. The summed E-state index contributed by atoms with van der Waals surface area (Å²) < 4.78 is 0. The molecule has 6 heteroatoms. The summed E-state index contributed by atoms with van der Waals surface area (Å²) in [6.07, 6.45) is 1.36. The summed E-state index contributed by atoms with van der Waals surface area (Å²) in [6, 6.07) is 1.63. The molecule has 3 N–H and O–H groups in total. The van der Waals surface area contributed by atoms with Crippen molar-refractivity contribution in [1.29, 1.82) is 0 Å². The molecule has 0 saturated heterocycles. The Hall–Kier alpha value is -1.85. The Morgan fingerprint density at radius 3 is 2.77 bits per heavy atom. The van der Waals surface area contributed by atoms with Crippen molar-refractivity contribution < 1.29 is 5.21 Å². The van der Waals surface area contributed by atoms with Gasteiger partial charge in [0.2, 0.25) is 0 Å². The van der Waals surface area contributed by atoms with Gasteiger partial charge in [0.25, 0.3) is 0 Å². The van der Waals surface area contributed by atoms with Gasteiger partial charge in [-0.05, 0) is 0 Å². The van der Waals surface area contributed by atoms with E-state index in [2.05, 4.69) is 15.1 Å². The fraction of sp³-hybridized carbons (Fsp3) is 0.286. The van der Waals surface area contributed by atoms with E-state index in [-0.39, 0.29) is 5.84 Å². The highest BCUT2D eigenvalue weighted by molar-refractivity contribution is 5.95. The predicted molar refractivity (Wildman–Crippen MR) is 48.9 cm³/mol. The second kappa shape index (κ2) is 3.70. The van der Waals surface area contributed by atoms with Crippen molar-refractivity contribution >= 4 is 11.7 Å². The van der Waals surface area contributed by atoms with Crippen LogP contribution in [0.2, 0.25) is 0 Å². The molecule has 0 aromatic carbocycles. The van der Waals surface area contributed by atoms with E-state index < -0.39 is 0 Å². The minimum Gasteiger partial charge on any atom is -0.409 e. The molecule has 6 nitrogen and oxygen atoms in total. The van der Waals surface area contributed by atoms with Gasteiger partial charge in [0.15, 0.2) is 5.84 Å². The van der Waals surface area contributed by atoms with Gasteiger partial charge in [-0.2, -0.15) is 0 Å². The third-order valence-electron chi connectivity index (χ3n) is 1.48. The number of amidine groups is 1. The normalized spacial score (nSPS) is 11.4. The van der Waals surface area contributed by atoms with Crippen molar-refractivity contribution in [2.45, 2.75) is 0 Å². The molecule has 0 unspecified atom stereocenters. The van der Waals surface area contributed by atoms with Crippen molar-refractivity contribution in [1.82, 2.24) is 9.97 Å². The molecular formula is C7H11N5O. The predicted octanol–water partition coefficient (Wildman–Crippen LogP) is -0.363. The maximum Gasteiger partial charge on any atom is 0.188 e. The van der Waals surface area contributed by atoms with E-state index in [0.29, 0.717) is 11.5 Å². The Morgan fingerprint density at radius 2 is 2.23 bits per heavy atom. The van der Waals surface area contributed by atoms with Crippen LogP contribution < -0.4 is 10.6 Å². The molecule has 0 spiro atoms. The van der Waals surface area contributed by atoms with Crippen LogP contribution in [0.4, 0.5) is 5.82 Å². The van der Waals surface area contributed by atoms with Crippen molar-refractivity contribution in [3.05, 3.63) is 18.1 Å². The molecule has 1 aromatic rings. The van der Waals surface area contributed by atoms with Gasteiger partial charge in [-0.15, -0.1) is 0 Å². The highest BCUT2D eigenvalue weighted by Crippen LogP contribution is 2.06. The summed E-state index contributed by atoms with van der Waals surface area (Å²) in [5.74, 6) is 0.683. The van der Waals surface area contributed by atoms with Gasteiger partial charge in [-0.1, -0.05) is 5.16 Å². The van der Waals surface area contributed by atoms with Gasteiger partial charge < -0.3 is 15.8 Å². The lowest BCUT2D eigenvalue weighted by atomic mass is 10.3. The molecule has 0 amide bonds. The highest BCUT2D eigenvalue weighted by Gasteiger charge is 2.03. The van der Waals surface area contributed by atoms with E-state index in [1.807, 2.05) is 14.1 Å². The number of rotatable bonds is 2. The number of hydrogen-bond donors (Lipinski definition) is 2. The Balaban J connectivity index is 3.05. The van der Waals surface area contributed by atoms with Crippen molar-refractivity contribution in [2.75, 3.05) is 19.0 Å². The number of hydrogen-bond acceptors (Lipinski definition) is 5. The minimum absolute atomic E-state index is 0.0227. The number of nitrogens with zero attached hydrogens (tertiary/aromatic N) is 4.